The topological polar surface area (TPSA) is 90.9 Å². The Kier molecular flexibility index (Phi) is 7.43. The molecule has 2 unspecified atom stereocenters. The normalized spacial score (nSPS) is 20.5. The van der Waals surface area contributed by atoms with Gasteiger partial charge in [0.25, 0.3) is 0 Å². The summed E-state index contributed by atoms with van der Waals surface area (Å²) in [5.41, 5.74) is -0.343. The van der Waals surface area contributed by atoms with Crippen molar-refractivity contribution in [1.29, 1.82) is 0 Å². The zero-order valence-corrected chi connectivity index (χ0v) is 18.4. The van der Waals surface area contributed by atoms with E-state index in [0.29, 0.717) is 5.56 Å². The van der Waals surface area contributed by atoms with Crippen LogP contribution in [0.25, 0.3) is 6.08 Å². The molecule has 0 spiro atoms. The lowest BCUT2D eigenvalue weighted by atomic mass is 9.82. The van der Waals surface area contributed by atoms with Crippen LogP contribution >= 0.6 is 0 Å². The molecule has 1 N–H and O–H groups in total. The summed E-state index contributed by atoms with van der Waals surface area (Å²) in [5, 5.41) is 3.11. The molecule has 1 aliphatic rings. The number of hydrogen-bond donors (Lipinski definition) is 1. The molecule has 1 saturated heterocycles. The second-order valence-electron chi connectivity index (χ2n) is 7.23. The minimum Gasteiger partial charge on any atom is -0.469 e. The second-order valence-corrected chi connectivity index (χ2v) is 7.23. The molecule has 7 heteroatoms. The van der Waals surface area contributed by atoms with Crippen molar-refractivity contribution < 1.29 is 28.6 Å². The quantitative estimate of drug-likeness (QED) is 0.404. The van der Waals surface area contributed by atoms with Gasteiger partial charge >= 0.3 is 17.9 Å². The highest BCUT2D eigenvalue weighted by Gasteiger charge is 2.63. The molecule has 2 aromatic carbocycles. The van der Waals surface area contributed by atoms with Crippen LogP contribution < -0.4 is 5.32 Å². The molecule has 3 rings (SSSR count). The molecular formula is C25H27NO6. The highest BCUT2D eigenvalue weighted by atomic mass is 16.6. The van der Waals surface area contributed by atoms with Gasteiger partial charge in [0.1, 0.15) is 5.92 Å². The van der Waals surface area contributed by atoms with Gasteiger partial charge in [-0.15, -0.1) is 0 Å². The maximum Gasteiger partial charge on any atom is 0.342 e. The van der Waals surface area contributed by atoms with Gasteiger partial charge < -0.3 is 14.2 Å². The molecule has 168 valence electrons. The zero-order valence-electron chi connectivity index (χ0n) is 18.4. The van der Waals surface area contributed by atoms with Crippen molar-refractivity contribution in [2.45, 2.75) is 25.4 Å². The Bertz CT molecular complexity index is 968. The van der Waals surface area contributed by atoms with Crippen LogP contribution in [0, 0.1) is 5.92 Å². The molecule has 1 fully saturated rings. The van der Waals surface area contributed by atoms with Crippen LogP contribution in [0.2, 0.25) is 0 Å². The Morgan fingerprint density at radius 1 is 0.906 bits per heavy atom. The highest BCUT2D eigenvalue weighted by Crippen LogP contribution is 2.45. The molecule has 0 aliphatic carbocycles. The number of rotatable bonds is 7. The van der Waals surface area contributed by atoms with E-state index in [-0.39, 0.29) is 18.8 Å². The summed E-state index contributed by atoms with van der Waals surface area (Å²) in [6.07, 6.45) is 1.66. The van der Waals surface area contributed by atoms with E-state index >= 15 is 0 Å². The van der Waals surface area contributed by atoms with Crippen molar-refractivity contribution in [2.24, 2.45) is 5.92 Å². The number of esters is 3. The van der Waals surface area contributed by atoms with Gasteiger partial charge in [-0.1, -0.05) is 66.7 Å². The van der Waals surface area contributed by atoms with Gasteiger partial charge in [0.05, 0.1) is 26.4 Å². The fourth-order valence-corrected chi connectivity index (χ4v) is 3.98. The maximum absolute atomic E-state index is 13.3. The number of hydrogen-bond acceptors (Lipinski definition) is 7. The molecular weight excluding hydrogens is 410 g/mol. The van der Waals surface area contributed by atoms with Crippen molar-refractivity contribution in [2.75, 3.05) is 20.3 Å². The van der Waals surface area contributed by atoms with E-state index in [1.54, 1.807) is 19.9 Å². The summed E-state index contributed by atoms with van der Waals surface area (Å²) in [5.74, 6) is -3.19. The first-order valence-electron chi connectivity index (χ1n) is 10.5. The summed E-state index contributed by atoms with van der Waals surface area (Å²) in [4.78, 5) is 39.7. The smallest absolute Gasteiger partial charge is 0.342 e. The minimum atomic E-state index is -2.00. The summed E-state index contributed by atoms with van der Waals surface area (Å²) in [6, 6.07) is 17.5. The third kappa shape index (κ3) is 4.29. The average molecular weight is 437 g/mol. The lowest BCUT2D eigenvalue weighted by molar-refractivity contribution is -0.163. The molecule has 0 saturated carbocycles. The van der Waals surface area contributed by atoms with Crippen LogP contribution in [-0.2, 0) is 28.6 Å². The van der Waals surface area contributed by atoms with Crippen molar-refractivity contribution in [1.82, 2.24) is 5.32 Å². The summed E-state index contributed by atoms with van der Waals surface area (Å²) >= 11 is 0. The number of methoxy groups -OCH3 is 1. The van der Waals surface area contributed by atoms with Gasteiger partial charge in [-0.2, -0.15) is 0 Å². The fourth-order valence-electron chi connectivity index (χ4n) is 3.98. The summed E-state index contributed by atoms with van der Waals surface area (Å²) < 4.78 is 15.7. The van der Waals surface area contributed by atoms with Crippen LogP contribution in [0.5, 0.6) is 0 Å². The van der Waals surface area contributed by atoms with E-state index in [9.17, 15) is 14.4 Å². The molecule has 2 aromatic rings. The predicted octanol–water partition coefficient (Wildman–Crippen LogP) is 3.07. The van der Waals surface area contributed by atoms with Gasteiger partial charge in [0.2, 0.25) is 5.54 Å². The van der Waals surface area contributed by atoms with E-state index in [4.69, 9.17) is 14.2 Å². The second kappa shape index (κ2) is 10.2. The third-order valence-electron chi connectivity index (χ3n) is 5.37. The molecule has 2 atom stereocenters. The Hall–Kier alpha value is -3.45. The lowest BCUT2D eigenvalue weighted by Crippen LogP contribution is -2.57. The number of benzene rings is 2. The Labute approximate surface area is 187 Å². The van der Waals surface area contributed by atoms with Gasteiger partial charge in [-0.3, -0.25) is 10.1 Å². The van der Waals surface area contributed by atoms with E-state index in [1.165, 1.54) is 7.11 Å². The molecule has 32 heavy (non-hydrogen) atoms. The molecule has 7 nitrogen and oxygen atoms in total. The standard InChI is InChI=1S/C25H27NO6/c1-4-31-23(28)25(24(29)32-5-2)19(16-17-12-8-6-9-13-17)20(22(27)30-3)21(26-25)18-14-10-7-11-15-18/h6-16,20-21,26H,4-5H2,1-3H3/b19-16+. The maximum atomic E-state index is 13.3. The third-order valence-corrected chi connectivity index (χ3v) is 5.37. The van der Waals surface area contributed by atoms with E-state index in [0.717, 1.165) is 5.56 Å². The predicted molar refractivity (Wildman–Crippen MR) is 118 cm³/mol. The van der Waals surface area contributed by atoms with Gasteiger partial charge in [0.15, 0.2) is 0 Å². The summed E-state index contributed by atoms with van der Waals surface area (Å²) in [7, 11) is 1.28. The van der Waals surface area contributed by atoms with E-state index in [1.807, 2.05) is 60.7 Å². The van der Waals surface area contributed by atoms with Crippen LogP contribution in [0.4, 0.5) is 0 Å². The lowest BCUT2D eigenvalue weighted by Gasteiger charge is -2.27. The Morgan fingerprint density at radius 2 is 1.44 bits per heavy atom. The number of carbonyl (C=O) groups is 3. The van der Waals surface area contributed by atoms with Crippen LogP contribution in [-0.4, -0.2) is 43.8 Å². The van der Waals surface area contributed by atoms with Gasteiger partial charge in [0, 0.05) is 0 Å². The molecule has 0 bridgehead atoms. The first-order chi connectivity index (χ1) is 15.5. The van der Waals surface area contributed by atoms with E-state index in [2.05, 4.69) is 5.32 Å². The number of ether oxygens (including phenoxy) is 3. The van der Waals surface area contributed by atoms with Crippen LogP contribution in [0.15, 0.2) is 66.2 Å². The fraction of sp³-hybridized carbons (Fsp3) is 0.320. The van der Waals surface area contributed by atoms with Gasteiger partial charge in [-0.05, 0) is 30.5 Å². The Balaban J connectivity index is 2.30. The highest BCUT2D eigenvalue weighted by molar-refractivity contribution is 6.12. The SMILES string of the molecule is CCOC(=O)C1(C(=O)OCC)NC(c2ccccc2)C(C(=O)OC)/C1=C\c1ccccc1. The van der Waals surface area contributed by atoms with Crippen molar-refractivity contribution in [3.05, 3.63) is 77.4 Å². The number of nitrogens with one attached hydrogen (secondary N) is 1. The monoisotopic (exact) mass is 437 g/mol. The Morgan fingerprint density at radius 3 is 1.94 bits per heavy atom. The van der Waals surface area contributed by atoms with Crippen molar-refractivity contribution in [3.63, 3.8) is 0 Å². The van der Waals surface area contributed by atoms with Crippen LogP contribution in [0.1, 0.15) is 31.0 Å². The molecule has 0 aromatic heterocycles. The molecule has 1 heterocycles. The van der Waals surface area contributed by atoms with Crippen molar-refractivity contribution in [3.8, 4) is 0 Å². The van der Waals surface area contributed by atoms with Crippen molar-refractivity contribution >= 4 is 24.0 Å². The first-order valence-corrected chi connectivity index (χ1v) is 10.5. The first kappa shape index (κ1) is 23.2. The molecule has 0 radical (unpaired) electrons. The largest absolute Gasteiger partial charge is 0.469 e. The number of carbonyl (C=O) groups excluding carboxylic acids is 3. The average Bonchev–Trinajstić information content (AvgIpc) is 3.16. The summed E-state index contributed by atoms with van der Waals surface area (Å²) in [6.45, 7) is 3.41. The zero-order chi connectivity index (χ0) is 23.1. The van der Waals surface area contributed by atoms with Gasteiger partial charge in [-0.25, -0.2) is 9.59 Å². The van der Waals surface area contributed by atoms with Crippen LogP contribution in [0.3, 0.4) is 0 Å². The molecule has 1 aliphatic heterocycles. The minimum absolute atomic E-state index is 0.0547. The van der Waals surface area contributed by atoms with E-state index < -0.39 is 35.4 Å². The molecule has 0 amide bonds.